The molecule has 80 valence electrons. The predicted molar refractivity (Wildman–Crippen MR) is 67.7 cm³/mol. The van der Waals surface area contributed by atoms with Gasteiger partial charge in [-0.3, -0.25) is 4.40 Å². The summed E-state index contributed by atoms with van der Waals surface area (Å²) in [6.45, 7) is 2.04. The second-order valence-corrected chi connectivity index (χ2v) is 4.54. The lowest BCUT2D eigenvalue weighted by Gasteiger charge is -1.98. The molecule has 3 nitrogen and oxygen atoms in total. The Morgan fingerprint density at radius 3 is 2.69 bits per heavy atom. The molecular weight excluding hydrogens is 218 g/mol. The average Bonchev–Trinajstić information content (AvgIpc) is 2.83. The molecule has 0 amide bonds. The second kappa shape index (κ2) is 3.35. The maximum atomic E-state index is 6.12. The fourth-order valence-electron chi connectivity index (χ4n) is 1.83. The van der Waals surface area contributed by atoms with E-state index >= 15 is 0 Å². The van der Waals surface area contributed by atoms with Crippen molar-refractivity contribution in [1.29, 1.82) is 0 Å². The van der Waals surface area contributed by atoms with Crippen LogP contribution in [0.3, 0.4) is 0 Å². The zero-order valence-electron chi connectivity index (χ0n) is 8.84. The zero-order chi connectivity index (χ0) is 11.1. The molecular formula is C12H11N3S. The Morgan fingerprint density at radius 2 is 2.00 bits per heavy atom. The lowest BCUT2D eigenvalue weighted by Crippen LogP contribution is -1.94. The fourth-order valence-corrected chi connectivity index (χ4v) is 2.70. The van der Waals surface area contributed by atoms with Crippen LogP contribution < -0.4 is 5.73 Å². The van der Waals surface area contributed by atoms with Gasteiger partial charge in [0, 0.05) is 16.6 Å². The molecule has 0 saturated carbocycles. The number of nitrogen functional groups attached to an aromatic ring is 1. The maximum Gasteiger partial charge on any atom is 0.196 e. The molecule has 0 atom stereocenters. The monoisotopic (exact) mass is 229 g/mol. The quantitative estimate of drug-likeness (QED) is 0.697. The molecule has 0 aliphatic rings. The smallest absolute Gasteiger partial charge is 0.196 e. The van der Waals surface area contributed by atoms with Crippen molar-refractivity contribution in [1.82, 2.24) is 9.38 Å². The number of nitrogens with zero attached hydrogens (tertiary/aromatic N) is 2. The largest absolute Gasteiger partial charge is 0.383 e. The zero-order valence-corrected chi connectivity index (χ0v) is 9.66. The second-order valence-electron chi connectivity index (χ2n) is 3.71. The van der Waals surface area contributed by atoms with Crippen LogP contribution in [-0.2, 0) is 0 Å². The van der Waals surface area contributed by atoms with Crippen molar-refractivity contribution in [3.8, 4) is 11.3 Å². The normalized spacial score (nSPS) is 11.1. The van der Waals surface area contributed by atoms with Crippen LogP contribution in [0.15, 0.2) is 35.7 Å². The minimum Gasteiger partial charge on any atom is -0.383 e. The number of benzene rings is 1. The van der Waals surface area contributed by atoms with Crippen molar-refractivity contribution in [2.75, 3.05) is 5.73 Å². The Hall–Kier alpha value is -1.81. The summed E-state index contributed by atoms with van der Waals surface area (Å²) in [4.78, 5) is 5.51. The van der Waals surface area contributed by atoms with Crippen LogP contribution in [0.2, 0.25) is 0 Å². The van der Waals surface area contributed by atoms with Gasteiger partial charge in [0.1, 0.15) is 11.5 Å². The van der Waals surface area contributed by atoms with Gasteiger partial charge < -0.3 is 5.73 Å². The molecule has 0 aliphatic carbocycles. The molecule has 3 rings (SSSR count). The molecule has 0 radical (unpaired) electrons. The summed E-state index contributed by atoms with van der Waals surface area (Å²) in [6, 6.07) is 10.0. The molecule has 0 unspecified atom stereocenters. The van der Waals surface area contributed by atoms with Gasteiger partial charge in [-0.2, -0.15) is 0 Å². The van der Waals surface area contributed by atoms with Crippen molar-refractivity contribution in [2.45, 2.75) is 6.92 Å². The molecule has 1 aromatic carbocycles. The first kappa shape index (κ1) is 9.42. The maximum absolute atomic E-state index is 6.12. The van der Waals surface area contributed by atoms with Gasteiger partial charge in [-0.1, -0.05) is 30.3 Å². The van der Waals surface area contributed by atoms with E-state index in [1.807, 2.05) is 41.7 Å². The summed E-state index contributed by atoms with van der Waals surface area (Å²) in [7, 11) is 0. The van der Waals surface area contributed by atoms with Gasteiger partial charge in [0.2, 0.25) is 0 Å². The Balaban J connectivity index is 2.29. The Morgan fingerprint density at radius 1 is 1.25 bits per heavy atom. The standard InChI is InChI=1S/C12H11N3S/c1-8-7-16-12-14-10(11(13)15(8)12)9-5-3-2-4-6-9/h2-7H,13H2,1H3. The van der Waals surface area contributed by atoms with Crippen LogP contribution in [0.5, 0.6) is 0 Å². The van der Waals surface area contributed by atoms with Crippen LogP contribution in [0.4, 0.5) is 5.82 Å². The number of fused-ring (bicyclic) bond motifs is 1. The van der Waals surface area contributed by atoms with Crippen LogP contribution >= 0.6 is 11.3 Å². The van der Waals surface area contributed by atoms with E-state index in [1.54, 1.807) is 11.3 Å². The van der Waals surface area contributed by atoms with E-state index in [-0.39, 0.29) is 0 Å². The first-order valence-corrected chi connectivity index (χ1v) is 5.93. The molecule has 0 fully saturated rings. The third kappa shape index (κ3) is 1.23. The van der Waals surface area contributed by atoms with E-state index in [0.29, 0.717) is 0 Å². The van der Waals surface area contributed by atoms with Gasteiger partial charge in [-0.25, -0.2) is 4.98 Å². The molecule has 16 heavy (non-hydrogen) atoms. The van der Waals surface area contributed by atoms with Crippen molar-refractivity contribution in [3.63, 3.8) is 0 Å². The highest BCUT2D eigenvalue weighted by Crippen LogP contribution is 2.29. The Labute approximate surface area is 97.2 Å². The average molecular weight is 229 g/mol. The number of hydrogen-bond acceptors (Lipinski definition) is 3. The van der Waals surface area contributed by atoms with Crippen molar-refractivity contribution >= 4 is 22.1 Å². The number of rotatable bonds is 1. The van der Waals surface area contributed by atoms with E-state index in [0.717, 1.165) is 27.7 Å². The number of imidazole rings is 1. The first-order chi connectivity index (χ1) is 7.77. The van der Waals surface area contributed by atoms with Gasteiger partial charge in [0.25, 0.3) is 0 Å². The molecule has 2 heterocycles. The van der Waals surface area contributed by atoms with Crippen LogP contribution in [0.25, 0.3) is 16.2 Å². The van der Waals surface area contributed by atoms with Crippen LogP contribution in [-0.4, -0.2) is 9.38 Å². The predicted octanol–water partition coefficient (Wildman–Crippen LogP) is 2.95. The van der Waals surface area contributed by atoms with Gasteiger partial charge in [-0.05, 0) is 6.92 Å². The SMILES string of the molecule is Cc1csc2nc(-c3ccccc3)c(N)n12. The molecule has 2 aromatic heterocycles. The van der Waals surface area contributed by atoms with E-state index in [1.165, 1.54) is 0 Å². The van der Waals surface area contributed by atoms with Gasteiger partial charge in [0.05, 0.1) is 0 Å². The minimum absolute atomic E-state index is 0.722. The highest BCUT2D eigenvalue weighted by atomic mass is 32.1. The number of aromatic nitrogens is 2. The van der Waals surface area contributed by atoms with Gasteiger partial charge in [-0.15, -0.1) is 11.3 Å². The molecule has 0 spiro atoms. The number of nitrogens with two attached hydrogens (primary N) is 1. The summed E-state index contributed by atoms with van der Waals surface area (Å²) < 4.78 is 1.99. The number of anilines is 1. The third-order valence-electron chi connectivity index (χ3n) is 2.62. The summed E-state index contributed by atoms with van der Waals surface area (Å²) in [5.74, 6) is 0.722. The van der Waals surface area contributed by atoms with Crippen LogP contribution in [0, 0.1) is 6.92 Å². The van der Waals surface area contributed by atoms with Gasteiger partial charge in [0.15, 0.2) is 4.96 Å². The highest BCUT2D eigenvalue weighted by Gasteiger charge is 2.13. The molecule has 3 aromatic rings. The molecule has 0 aliphatic heterocycles. The Bertz CT molecular complexity index is 637. The number of hydrogen-bond donors (Lipinski definition) is 1. The lowest BCUT2D eigenvalue weighted by molar-refractivity contribution is 1.14. The van der Waals surface area contributed by atoms with Crippen molar-refractivity contribution in [2.24, 2.45) is 0 Å². The van der Waals surface area contributed by atoms with E-state index in [4.69, 9.17) is 5.73 Å². The number of thiazole rings is 1. The van der Waals surface area contributed by atoms with E-state index in [9.17, 15) is 0 Å². The first-order valence-electron chi connectivity index (χ1n) is 5.05. The third-order valence-corrected chi connectivity index (χ3v) is 3.56. The summed E-state index contributed by atoms with van der Waals surface area (Å²) in [5, 5.41) is 2.06. The summed E-state index contributed by atoms with van der Waals surface area (Å²) in [6.07, 6.45) is 0. The molecule has 0 saturated heterocycles. The van der Waals surface area contributed by atoms with Crippen molar-refractivity contribution in [3.05, 3.63) is 41.4 Å². The molecule has 2 N–H and O–H groups in total. The summed E-state index contributed by atoms with van der Waals surface area (Å²) in [5.41, 5.74) is 9.19. The van der Waals surface area contributed by atoms with Crippen LogP contribution in [0.1, 0.15) is 5.69 Å². The molecule has 4 heteroatoms. The summed E-state index contributed by atoms with van der Waals surface area (Å²) >= 11 is 1.62. The number of aryl methyl sites for hydroxylation is 1. The fraction of sp³-hybridized carbons (Fsp3) is 0.0833. The van der Waals surface area contributed by atoms with E-state index in [2.05, 4.69) is 10.4 Å². The van der Waals surface area contributed by atoms with E-state index < -0.39 is 0 Å². The lowest BCUT2D eigenvalue weighted by atomic mass is 10.1. The minimum atomic E-state index is 0.722. The Kier molecular flexibility index (Phi) is 1.97. The topological polar surface area (TPSA) is 43.3 Å². The molecule has 0 bridgehead atoms. The highest BCUT2D eigenvalue weighted by molar-refractivity contribution is 7.15. The van der Waals surface area contributed by atoms with Crippen molar-refractivity contribution < 1.29 is 0 Å². The van der Waals surface area contributed by atoms with Gasteiger partial charge >= 0.3 is 0 Å².